The Morgan fingerprint density at radius 1 is 1.00 bits per heavy atom. The lowest BCUT2D eigenvalue weighted by atomic mass is 9.98. The molecule has 0 aliphatic heterocycles. The molecule has 0 saturated heterocycles. The molecule has 0 saturated carbocycles. The van der Waals surface area contributed by atoms with E-state index in [4.69, 9.17) is 10.5 Å². The van der Waals surface area contributed by atoms with Gasteiger partial charge in [0.25, 0.3) is 0 Å². The Balaban J connectivity index is 2.44. The molecule has 0 radical (unpaired) electrons. The standard InChI is InChI=1S/C17H18F3NO2/c1-11-3-4-12(2)14(9-11)13-5-6-15(23-17(18,19)20)16(10-13)22-8-7-21/h3-6,9-10H,7-8,21H2,1-2H3. The summed E-state index contributed by atoms with van der Waals surface area (Å²) in [6.07, 6.45) is -4.78. The van der Waals surface area contributed by atoms with Gasteiger partial charge in [-0.1, -0.05) is 29.8 Å². The van der Waals surface area contributed by atoms with Gasteiger partial charge in [0.2, 0.25) is 0 Å². The number of aryl methyl sites for hydroxylation is 2. The van der Waals surface area contributed by atoms with E-state index in [9.17, 15) is 13.2 Å². The van der Waals surface area contributed by atoms with E-state index in [-0.39, 0.29) is 24.7 Å². The summed E-state index contributed by atoms with van der Waals surface area (Å²) in [6, 6.07) is 10.3. The molecule has 0 unspecified atom stereocenters. The third-order valence-corrected chi connectivity index (χ3v) is 3.25. The largest absolute Gasteiger partial charge is 0.573 e. The predicted molar refractivity (Wildman–Crippen MR) is 82.6 cm³/mol. The molecule has 6 heteroatoms. The van der Waals surface area contributed by atoms with Crippen molar-refractivity contribution in [2.45, 2.75) is 20.2 Å². The van der Waals surface area contributed by atoms with Crippen LogP contribution in [0.1, 0.15) is 11.1 Å². The van der Waals surface area contributed by atoms with E-state index in [0.717, 1.165) is 22.3 Å². The maximum absolute atomic E-state index is 12.5. The molecular formula is C17H18F3NO2. The molecule has 3 nitrogen and oxygen atoms in total. The van der Waals surface area contributed by atoms with Crippen molar-refractivity contribution in [2.75, 3.05) is 13.2 Å². The van der Waals surface area contributed by atoms with E-state index in [2.05, 4.69) is 4.74 Å². The van der Waals surface area contributed by atoms with Gasteiger partial charge in [-0.25, -0.2) is 0 Å². The molecule has 2 aromatic rings. The van der Waals surface area contributed by atoms with E-state index in [1.165, 1.54) is 6.07 Å². The first-order chi connectivity index (χ1) is 10.8. The lowest BCUT2D eigenvalue weighted by Gasteiger charge is -2.16. The first-order valence-corrected chi connectivity index (χ1v) is 7.10. The number of halogens is 3. The van der Waals surface area contributed by atoms with Crippen molar-refractivity contribution in [1.29, 1.82) is 0 Å². The Labute approximate surface area is 132 Å². The van der Waals surface area contributed by atoms with Crippen molar-refractivity contribution in [1.82, 2.24) is 0 Å². The van der Waals surface area contributed by atoms with E-state index in [1.54, 1.807) is 12.1 Å². The summed E-state index contributed by atoms with van der Waals surface area (Å²) in [6.45, 7) is 4.19. The monoisotopic (exact) mass is 325 g/mol. The molecule has 0 aromatic heterocycles. The molecule has 0 spiro atoms. The molecular weight excluding hydrogens is 307 g/mol. The van der Waals surface area contributed by atoms with Crippen LogP contribution in [0.2, 0.25) is 0 Å². The molecule has 0 aliphatic rings. The number of nitrogens with two attached hydrogens (primary N) is 1. The van der Waals surface area contributed by atoms with Crippen molar-refractivity contribution in [2.24, 2.45) is 5.73 Å². The molecule has 0 bridgehead atoms. The summed E-state index contributed by atoms with van der Waals surface area (Å²) >= 11 is 0. The molecule has 2 rings (SSSR count). The predicted octanol–water partition coefficient (Wildman–Crippen LogP) is 4.21. The highest BCUT2D eigenvalue weighted by atomic mass is 19.4. The van der Waals surface area contributed by atoms with Crippen LogP contribution in [0.15, 0.2) is 36.4 Å². The van der Waals surface area contributed by atoms with Crippen LogP contribution < -0.4 is 15.2 Å². The van der Waals surface area contributed by atoms with E-state index >= 15 is 0 Å². The van der Waals surface area contributed by atoms with Crippen LogP contribution in [0.5, 0.6) is 11.5 Å². The summed E-state index contributed by atoms with van der Waals surface area (Å²) in [5.41, 5.74) is 9.13. The Hall–Kier alpha value is -2.21. The van der Waals surface area contributed by atoms with Crippen molar-refractivity contribution in [3.8, 4) is 22.6 Å². The second-order valence-corrected chi connectivity index (χ2v) is 5.16. The average Bonchev–Trinajstić information content (AvgIpc) is 2.47. The van der Waals surface area contributed by atoms with Gasteiger partial charge in [-0.3, -0.25) is 0 Å². The highest BCUT2D eigenvalue weighted by Crippen LogP contribution is 2.37. The molecule has 2 aromatic carbocycles. The minimum atomic E-state index is -4.78. The van der Waals surface area contributed by atoms with Crippen LogP contribution >= 0.6 is 0 Å². The Kier molecular flexibility index (Phi) is 5.15. The highest BCUT2D eigenvalue weighted by molar-refractivity contribution is 5.70. The molecule has 23 heavy (non-hydrogen) atoms. The van der Waals surface area contributed by atoms with Gasteiger partial charge in [0.1, 0.15) is 6.61 Å². The van der Waals surface area contributed by atoms with E-state index in [0.29, 0.717) is 0 Å². The van der Waals surface area contributed by atoms with E-state index in [1.807, 2.05) is 32.0 Å². The number of benzene rings is 2. The van der Waals surface area contributed by atoms with Crippen LogP contribution in [0.25, 0.3) is 11.1 Å². The summed E-state index contributed by atoms with van der Waals surface area (Å²) in [4.78, 5) is 0. The molecule has 0 aliphatic carbocycles. The minimum Gasteiger partial charge on any atom is -0.488 e. The first kappa shape index (κ1) is 17.1. The molecule has 0 amide bonds. The molecule has 124 valence electrons. The highest BCUT2D eigenvalue weighted by Gasteiger charge is 2.32. The first-order valence-electron chi connectivity index (χ1n) is 7.10. The van der Waals surface area contributed by atoms with Crippen LogP contribution in [0, 0.1) is 13.8 Å². The number of hydrogen-bond donors (Lipinski definition) is 1. The number of hydrogen-bond acceptors (Lipinski definition) is 3. The lowest BCUT2D eigenvalue weighted by molar-refractivity contribution is -0.275. The van der Waals surface area contributed by atoms with Gasteiger partial charge in [0.05, 0.1) is 0 Å². The molecule has 0 heterocycles. The summed E-state index contributed by atoms with van der Waals surface area (Å²) < 4.78 is 46.8. The summed E-state index contributed by atoms with van der Waals surface area (Å²) in [7, 11) is 0. The van der Waals surface area contributed by atoms with Gasteiger partial charge in [-0.2, -0.15) is 0 Å². The van der Waals surface area contributed by atoms with Crippen molar-refractivity contribution in [3.05, 3.63) is 47.5 Å². The maximum atomic E-state index is 12.5. The fourth-order valence-corrected chi connectivity index (χ4v) is 2.21. The van der Waals surface area contributed by atoms with Gasteiger partial charge in [0.15, 0.2) is 11.5 Å². The fourth-order valence-electron chi connectivity index (χ4n) is 2.21. The number of rotatable bonds is 5. The fraction of sp³-hybridized carbons (Fsp3) is 0.294. The van der Waals surface area contributed by atoms with Crippen LogP contribution in [0.4, 0.5) is 13.2 Å². The Morgan fingerprint density at radius 2 is 1.74 bits per heavy atom. The van der Waals surface area contributed by atoms with Gasteiger partial charge in [-0.05, 0) is 42.7 Å². The molecule has 0 fully saturated rings. The maximum Gasteiger partial charge on any atom is 0.573 e. The normalized spacial score (nSPS) is 11.4. The van der Waals surface area contributed by atoms with Gasteiger partial charge >= 0.3 is 6.36 Å². The van der Waals surface area contributed by atoms with Gasteiger partial charge < -0.3 is 15.2 Å². The van der Waals surface area contributed by atoms with E-state index < -0.39 is 6.36 Å². The van der Waals surface area contributed by atoms with Crippen LogP contribution in [0.3, 0.4) is 0 Å². The summed E-state index contributed by atoms with van der Waals surface area (Å²) in [5.74, 6) is -0.355. The zero-order valence-corrected chi connectivity index (χ0v) is 12.9. The Morgan fingerprint density at radius 3 is 2.39 bits per heavy atom. The lowest BCUT2D eigenvalue weighted by Crippen LogP contribution is -2.18. The average molecular weight is 325 g/mol. The quantitative estimate of drug-likeness (QED) is 0.896. The molecule has 0 atom stereocenters. The third-order valence-electron chi connectivity index (χ3n) is 3.25. The van der Waals surface area contributed by atoms with Gasteiger partial charge in [0, 0.05) is 6.54 Å². The zero-order valence-electron chi connectivity index (χ0n) is 12.9. The second kappa shape index (κ2) is 6.91. The minimum absolute atomic E-state index is 0.0196. The van der Waals surface area contributed by atoms with Crippen molar-refractivity contribution < 1.29 is 22.6 Å². The van der Waals surface area contributed by atoms with Crippen LogP contribution in [-0.4, -0.2) is 19.5 Å². The number of alkyl halides is 3. The molecule has 2 N–H and O–H groups in total. The van der Waals surface area contributed by atoms with Crippen molar-refractivity contribution >= 4 is 0 Å². The smallest absolute Gasteiger partial charge is 0.488 e. The second-order valence-electron chi connectivity index (χ2n) is 5.16. The summed E-state index contributed by atoms with van der Waals surface area (Å²) in [5, 5.41) is 0. The van der Waals surface area contributed by atoms with Crippen molar-refractivity contribution in [3.63, 3.8) is 0 Å². The SMILES string of the molecule is Cc1ccc(C)c(-c2ccc(OC(F)(F)F)c(OCCN)c2)c1. The Bertz CT molecular complexity index is 684. The topological polar surface area (TPSA) is 44.5 Å². The number of ether oxygens (including phenoxy) is 2. The van der Waals surface area contributed by atoms with Crippen LogP contribution in [-0.2, 0) is 0 Å². The van der Waals surface area contributed by atoms with Gasteiger partial charge in [-0.15, -0.1) is 13.2 Å². The zero-order chi connectivity index (χ0) is 17.0. The third kappa shape index (κ3) is 4.63.